The third kappa shape index (κ3) is 3.40. The van der Waals surface area contributed by atoms with Gasteiger partial charge < -0.3 is 0 Å². The first-order valence-electron chi connectivity index (χ1n) is 5.83. The molecule has 0 aliphatic heterocycles. The number of aromatic nitrogens is 2. The Bertz CT molecular complexity index is 687. The van der Waals surface area contributed by atoms with E-state index >= 15 is 0 Å². The molecule has 20 heavy (non-hydrogen) atoms. The van der Waals surface area contributed by atoms with Gasteiger partial charge in [0.25, 0.3) is 0 Å². The first-order valence-corrected chi connectivity index (χ1v) is 7.31. The predicted octanol–water partition coefficient (Wildman–Crippen LogP) is 1.53. The maximum Gasteiger partial charge on any atom is 0.243 e. The Labute approximate surface area is 115 Å². The van der Waals surface area contributed by atoms with Gasteiger partial charge in [0.15, 0.2) is 0 Å². The lowest BCUT2D eigenvalue weighted by molar-refractivity contribution is 0.489. The molecule has 0 bridgehead atoms. The molecular weight excluding hydrogens is 288 g/mol. The quantitative estimate of drug-likeness (QED) is 0.911. The van der Waals surface area contributed by atoms with Gasteiger partial charge >= 0.3 is 0 Å². The van der Waals surface area contributed by atoms with E-state index in [4.69, 9.17) is 0 Å². The highest BCUT2D eigenvalue weighted by molar-refractivity contribution is 7.89. The monoisotopic (exact) mass is 301 g/mol. The minimum atomic E-state index is -4.12. The first kappa shape index (κ1) is 14.6. The summed E-state index contributed by atoms with van der Waals surface area (Å²) in [5.74, 6) is -1.81. The van der Waals surface area contributed by atoms with Gasteiger partial charge in [-0.15, -0.1) is 0 Å². The SMILES string of the molecule is C[C@H](Cn1cccn1)NS(=O)(=O)c1cc(F)ccc1F. The lowest BCUT2D eigenvalue weighted by atomic mass is 10.3. The number of nitrogens with zero attached hydrogens (tertiary/aromatic N) is 2. The number of hydrogen-bond acceptors (Lipinski definition) is 3. The van der Waals surface area contributed by atoms with Crippen molar-refractivity contribution in [3.05, 3.63) is 48.3 Å². The van der Waals surface area contributed by atoms with Crippen molar-refractivity contribution in [2.24, 2.45) is 0 Å². The van der Waals surface area contributed by atoms with Crippen LogP contribution in [-0.2, 0) is 16.6 Å². The van der Waals surface area contributed by atoms with E-state index in [1.54, 1.807) is 25.4 Å². The van der Waals surface area contributed by atoms with E-state index in [0.29, 0.717) is 6.07 Å². The molecule has 0 saturated carbocycles. The Morgan fingerprint density at radius 3 is 2.80 bits per heavy atom. The molecule has 108 valence electrons. The van der Waals surface area contributed by atoms with E-state index < -0.39 is 32.6 Å². The van der Waals surface area contributed by atoms with E-state index in [9.17, 15) is 17.2 Å². The molecule has 2 aromatic rings. The molecule has 0 spiro atoms. The summed E-state index contributed by atoms with van der Waals surface area (Å²) in [6.45, 7) is 1.89. The average molecular weight is 301 g/mol. The van der Waals surface area contributed by atoms with E-state index in [1.165, 1.54) is 4.68 Å². The smallest absolute Gasteiger partial charge is 0.243 e. The van der Waals surface area contributed by atoms with Crippen molar-refractivity contribution >= 4 is 10.0 Å². The van der Waals surface area contributed by atoms with Crippen LogP contribution in [0.2, 0.25) is 0 Å². The summed E-state index contributed by atoms with van der Waals surface area (Å²) in [7, 11) is -4.12. The fourth-order valence-corrected chi connectivity index (χ4v) is 3.06. The van der Waals surface area contributed by atoms with Gasteiger partial charge in [-0.25, -0.2) is 21.9 Å². The molecule has 1 atom stereocenters. The Hall–Kier alpha value is -1.80. The molecule has 5 nitrogen and oxygen atoms in total. The lowest BCUT2D eigenvalue weighted by Gasteiger charge is -2.14. The van der Waals surface area contributed by atoms with E-state index in [0.717, 1.165) is 12.1 Å². The molecule has 2 rings (SSSR count). The van der Waals surface area contributed by atoms with Gasteiger partial charge in [-0.2, -0.15) is 5.10 Å². The summed E-state index contributed by atoms with van der Waals surface area (Å²) in [6.07, 6.45) is 3.24. The van der Waals surface area contributed by atoms with Crippen LogP contribution < -0.4 is 4.72 Å². The topological polar surface area (TPSA) is 64.0 Å². The van der Waals surface area contributed by atoms with Crippen LogP contribution in [0, 0.1) is 11.6 Å². The normalized spacial score (nSPS) is 13.3. The molecule has 0 fully saturated rings. The highest BCUT2D eigenvalue weighted by atomic mass is 32.2. The maximum atomic E-state index is 13.5. The number of rotatable bonds is 5. The van der Waals surface area contributed by atoms with Crippen molar-refractivity contribution in [1.29, 1.82) is 0 Å². The molecule has 0 aliphatic carbocycles. The van der Waals surface area contributed by atoms with Crippen LogP contribution in [0.25, 0.3) is 0 Å². The molecule has 0 unspecified atom stereocenters. The fraction of sp³-hybridized carbons (Fsp3) is 0.250. The van der Waals surface area contributed by atoms with Gasteiger partial charge in [0.1, 0.15) is 16.5 Å². The van der Waals surface area contributed by atoms with E-state index in [1.807, 2.05) is 0 Å². The van der Waals surface area contributed by atoms with Crippen LogP contribution in [0.3, 0.4) is 0 Å². The minimum Gasteiger partial charge on any atom is -0.271 e. The average Bonchev–Trinajstić information content (AvgIpc) is 2.84. The van der Waals surface area contributed by atoms with Crippen molar-refractivity contribution in [3.8, 4) is 0 Å². The van der Waals surface area contributed by atoms with Crippen LogP contribution >= 0.6 is 0 Å². The molecule has 0 aliphatic rings. The van der Waals surface area contributed by atoms with Crippen LogP contribution in [0.15, 0.2) is 41.6 Å². The van der Waals surface area contributed by atoms with Crippen molar-refractivity contribution in [2.75, 3.05) is 0 Å². The summed E-state index contributed by atoms with van der Waals surface area (Å²) in [4.78, 5) is -0.704. The Balaban J connectivity index is 2.16. The Morgan fingerprint density at radius 2 is 2.15 bits per heavy atom. The first-order chi connectivity index (χ1) is 9.38. The van der Waals surface area contributed by atoms with Gasteiger partial charge in [-0.1, -0.05) is 0 Å². The van der Waals surface area contributed by atoms with Crippen LogP contribution in [-0.4, -0.2) is 24.2 Å². The van der Waals surface area contributed by atoms with Crippen LogP contribution in [0.5, 0.6) is 0 Å². The molecule has 0 saturated heterocycles. The number of halogens is 2. The standard InChI is InChI=1S/C12H13F2N3O2S/c1-9(8-17-6-2-5-15-17)16-20(18,19)12-7-10(13)3-4-11(12)14/h2-7,9,16H,8H2,1H3/t9-/m1/s1. The highest BCUT2D eigenvalue weighted by Gasteiger charge is 2.22. The largest absolute Gasteiger partial charge is 0.271 e. The Kier molecular flexibility index (Phi) is 4.15. The number of hydrogen-bond donors (Lipinski definition) is 1. The molecule has 0 amide bonds. The zero-order valence-electron chi connectivity index (χ0n) is 10.6. The summed E-state index contributed by atoms with van der Waals surface area (Å²) in [6, 6.07) is 3.47. The summed E-state index contributed by atoms with van der Waals surface area (Å²) in [5, 5.41) is 3.94. The number of sulfonamides is 1. The number of nitrogens with one attached hydrogen (secondary N) is 1. The molecule has 0 radical (unpaired) electrons. The predicted molar refractivity (Wildman–Crippen MR) is 68.4 cm³/mol. The zero-order chi connectivity index (χ0) is 14.8. The summed E-state index contributed by atoms with van der Waals surface area (Å²) in [5.41, 5.74) is 0. The summed E-state index contributed by atoms with van der Waals surface area (Å²) < 4.78 is 54.4. The second-order valence-corrected chi connectivity index (χ2v) is 6.01. The second kappa shape index (κ2) is 5.68. The van der Waals surface area contributed by atoms with E-state index in [2.05, 4.69) is 9.82 Å². The van der Waals surface area contributed by atoms with Crippen LogP contribution in [0.4, 0.5) is 8.78 Å². The number of benzene rings is 1. The summed E-state index contributed by atoms with van der Waals surface area (Å²) >= 11 is 0. The van der Waals surface area contributed by atoms with Crippen molar-refractivity contribution in [2.45, 2.75) is 24.4 Å². The molecule has 1 N–H and O–H groups in total. The van der Waals surface area contributed by atoms with Crippen molar-refractivity contribution in [1.82, 2.24) is 14.5 Å². The van der Waals surface area contributed by atoms with Gasteiger partial charge in [0.05, 0.1) is 6.54 Å². The van der Waals surface area contributed by atoms with Crippen molar-refractivity contribution in [3.63, 3.8) is 0 Å². The van der Waals surface area contributed by atoms with Gasteiger partial charge in [0, 0.05) is 18.4 Å². The lowest BCUT2D eigenvalue weighted by Crippen LogP contribution is -2.36. The van der Waals surface area contributed by atoms with E-state index in [-0.39, 0.29) is 6.54 Å². The fourth-order valence-electron chi connectivity index (χ4n) is 1.74. The van der Waals surface area contributed by atoms with Gasteiger partial charge in [0.2, 0.25) is 10.0 Å². The second-order valence-electron chi connectivity index (χ2n) is 4.33. The third-order valence-electron chi connectivity index (χ3n) is 2.56. The Morgan fingerprint density at radius 1 is 1.40 bits per heavy atom. The minimum absolute atomic E-state index is 0.281. The molecular formula is C12H13F2N3O2S. The highest BCUT2D eigenvalue weighted by Crippen LogP contribution is 2.16. The van der Waals surface area contributed by atoms with Crippen molar-refractivity contribution < 1.29 is 17.2 Å². The molecule has 1 aromatic heterocycles. The molecule has 1 aromatic carbocycles. The third-order valence-corrected chi connectivity index (χ3v) is 4.16. The zero-order valence-corrected chi connectivity index (χ0v) is 11.4. The van der Waals surface area contributed by atoms with Gasteiger partial charge in [-0.3, -0.25) is 4.68 Å². The van der Waals surface area contributed by atoms with Gasteiger partial charge in [-0.05, 0) is 31.2 Å². The maximum absolute atomic E-state index is 13.5. The molecule has 8 heteroatoms. The molecule has 1 heterocycles. The van der Waals surface area contributed by atoms with Crippen LogP contribution in [0.1, 0.15) is 6.92 Å².